The van der Waals surface area contributed by atoms with Gasteiger partial charge in [-0.1, -0.05) is 0 Å². The SMILES string of the molecule is Cl.N#Cc1ccc(N2CCN(C(=O)CC3([C@@H]4CCCN4)CCO3)CC2)nc1. The van der Waals surface area contributed by atoms with Crippen molar-refractivity contribution in [3.63, 3.8) is 0 Å². The molecule has 3 aliphatic heterocycles. The molecule has 146 valence electrons. The van der Waals surface area contributed by atoms with Gasteiger partial charge < -0.3 is 19.9 Å². The fourth-order valence-electron chi connectivity index (χ4n) is 4.23. The second-order valence-corrected chi connectivity index (χ2v) is 7.37. The van der Waals surface area contributed by atoms with Crippen molar-refractivity contribution >= 4 is 24.1 Å². The average Bonchev–Trinajstić information content (AvgIpc) is 3.19. The minimum atomic E-state index is -0.278. The number of halogens is 1. The number of pyridine rings is 1. The van der Waals surface area contributed by atoms with Crippen LogP contribution in [0.2, 0.25) is 0 Å². The van der Waals surface area contributed by atoms with Crippen LogP contribution < -0.4 is 10.2 Å². The zero-order valence-electron chi connectivity index (χ0n) is 15.4. The maximum Gasteiger partial charge on any atom is 0.225 e. The van der Waals surface area contributed by atoms with Crippen molar-refractivity contribution in [2.45, 2.75) is 37.3 Å². The zero-order valence-corrected chi connectivity index (χ0v) is 16.2. The molecule has 1 amide bonds. The molecule has 1 aromatic rings. The van der Waals surface area contributed by atoms with Crippen LogP contribution in [0.15, 0.2) is 18.3 Å². The summed E-state index contributed by atoms with van der Waals surface area (Å²) < 4.78 is 5.92. The standard InChI is InChI=1S/C19H25N5O2.ClH/c20-13-15-3-4-17(22-14-15)23-7-9-24(10-8-23)18(25)12-19(5-11-26-19)16-2-1-6-21-16;/h3-4,14,16,21H,1-2,5-12H2;1H/t16-,19?;/m0./s1. The lowest BCUT2D eigenvalue weighted by molar-refractivity contribution is -0.178. The Morgan fingerprint density at radius 3 is 2.67 bits per heavy atom. The third-order valence-electron chi connectivity index (χ3n) is 5.89. The highest BCUT2D eigenvalue weighted by atomic mass is 35.5. The summed E-state index contributed by atoms with van der Waals surface area (Å²) in [6, 6.07) is 6.07. The molecule has 3 aliphatic rings. The highest BCUT2D eigenvalue weighted by Crippen LogP contribution is 2.37. The highest BCUT2D eigenvalue weighted by Gasteiger charge is 2.48. The number of nitrogens with one attached hydrogen (secondary N) is 1. The fraction of sp³-hybridized carbons (Fsp3) is 0.632. The van der Waals surface area contributed by atoms with Crippen molar-refractivity contribution in [1.29, 1.82) is 5.26 Å². The normalized spacial score (nSPS) is 27.4. The van der Waals surface area contributed by atoms with E-state index in [0.717, 1.165) is 44.9 Å². The number of hydrogen-bond acceptors (Lipinski definition) is 6. The summed E-state index contributed by atoms with van der Waals surface area (Å²) >= 11 is 0. The lowest BCUT2D eigenvalue weighted by Crippen LogP contribution is -2.60. The van der Waals surface area contributed by atoms with Crippen LogP contribution in [0, 0.1) is 11.3 Å². The van der Waals surface area contributed by atoms with Crippen LogP contribution in [0.25, 0.3) is 0 Å². The molecule has 3 saturated heterocycles. The monoisotopic (exact) mass is 391 g/mol. The van der Waals surface area contributed by atoms with Crippen LogP contribution in [0.4, 0.5) is 5.82 Å². The Morgan fingerprint density at radius 1 is 1.37 bits per heavy atom. The Hall–Kier alpha value is -1.88. The minimum Gasteiger partial charge on any atom is -0.373 e. The van der Waals surface area contributed by atoms with Crippen LogP contribution >= 0.6 is 12.4 Å². The Balaban J connectivity index is 0.00000210. The predicted octanol–water partition coefficient (Wildman–Crippen LogP) is 1.32. The molecule has 27 heavy (non-hydrogen) atoms. The summed E-state index contributed by atoms with van der Waals surface area (Å²) in [4.78, 5) is 21.3. The molecule has 0 saturated carbocycles. The van der Waals surface area contributed by atoms with Crippen molar-refractivity contribution in [2.75, 3.05) is 44.2 Å². The molecule has 0 radical (unpaired) electrons. The number of carbonyl (C=O) groups is 1. The smallest absolute Gasteiger partial charge is 0.225 e. The van der Waals surface area contributed by atoms with Crippen molar-refractivity contribution in [3.8, 4) is 6.07 Å². The molecule has 0 aliphatic carbocycles. The van der Waals surface area contributed by atoms with Gasteiger partial charge >= 0.3 is 0 Å². The molecule has 8 heteroatoms. The molecule has 1 unspecified atom stereocenters. The summed E-state index contributed by atoms with van der Waals surface area (Å²) in [7, 11) is 0. The van der Waals surface area contributed by atoms with Gasteiger partial charge in [-0.3, -0.25) is 4.79 Å². The van der Waals surface area contributed by atoms with Crippen LogP contribution in [0.5, 0.6) is 0 Å². The number of carbonyl (C=O) groups excluding carboxylic acids is 1. The third kappa shape index (κ3) is 4.03. The van der Waals surface area contributed by atoms with E-state index in [1.165, 1.54) is 6.42 Å². The first-order valence-corrected chi connectivity index (χ1v) is 9.46. The molecule has 1 N–H and O–H groups in total. The lowest BCUT2D eigenvalue weighted by atomic mass is 9.82. The van der Waals surface area contributed by atoms with E-state index in [1.54, 1.807) is 12.3 Å². The van der Waals surface area contributed by atoms with Crippen molar-refractivity contribution in [1.82, 2.24) is 15.2 Å². The number of hydrogen-bond donors (Lipinski definition) is 1. The number of piperazine rings is 1. The Bertz CT molecular complexity index is 687. The number of ether oxygens (including phenoxy) is 1. The van der Waals surface area contributed by atoms with Crippen LogP contribution in [0.3, 0.4) is 0 Å². The fourth-order valence-corrected chi connectivity index (χ4v) is 4.23. The van der Waals surface area contributed by atoms with Gasteiger partial charge in [0.25, 0.3) is 0 Å². The average molecular weight is 392 g/mol. The lowest BCUT2D eigenvalue weighted by Gasteiger charge is -2.47. The minimum absolute atomic E-state index is 0. The van der Waals surface area contributed by atoms with E-state index in [2.05, 4.69) is 21.3 Å². The summed E-state index contributed by atoms with van der Waals surface area (Å²) in [5.41, 5.74) is 0.285. The van der Waals surface area contributed by atoms with E-state index in [-0.39, 0.29) is 23.9 Å². The first kappa shape index (κ1) is 19.9. The number of rotatable bonds is 4. The second kappa shape index (κ2) is 8.42. The van der Waals surface area contributed by atoms with Gasteiger partial charge in [0.15, 0.2) is 0 Å². The molecule has 4 heterocycles. The third-order valence-corrected chi connectivity index (χ3v) is 5.89. The quantitative estimate of drug-likeness (QED) is 0.833. The molecular weight excluding hydrogens is 366 g/mol. The predicted molar refractivity (Wildman–Crippen MR) is 104 cm³/mol. The van der Waals surface area contributed by atoms with Gasteiger partial charge in [-0.05, 0) is 31.5 Å². The number of nitriles is 1. The maximum absolute atomic E-state index is 12.8. The van der Waals surface area contributed by atoms with Gasteiger partial charge in [-0.15, -0.1) is 12.4 Å². The molecule has 0 aromatic carbocycles. The van der Waals surface area contributed by atoms with Gasteiger partial charge in [0, 0.05) is 44.8 Å². The molecule has 2 atom stereocenters. The van der Waals surface area contributed by atoms with E-state index in [9.17, 15) is 4.79 Å². The topological polar surface area (TPSA) is 81.5 Å². The number of nitrogens with zero attached hydrogens (tertiary/aromatic N) is 4. The van der Waals surface area contributed by atoms with E-state index < -0.39 is 0 Å². The zero-order chi connectivity index (χ0) is 18.0. The first-order valence-electron chi connectivity index (χ1n) is 9.46. The first-order chi connectivity index (χ1) is 12.7. The molecule has 3 fully saturated rings. The summed E-state index contributed by atoms with van der Waals surface area (Å²) in [6.45, 7) is 4.73. The van der Waals surface area contributed by atoms with E-state index in [1.807, 2.05) is 11.0 Å². The van der Waals surface area contributed by atoms with Crippen LogP contribution in [-0.4, -0.2) is 66.8 Å². The van der Waals surface area contributed by atoms with Gasteiger partial charge in [0.05, 0.1) is 24.2 Å². The largest absolute Gasteiger partial charge is 0.373 e. The van der Waals surface area contributed by atoms with E-state index in [0.29, 0.717) is 31.1 Å². The van der Waals surface area contributed by atoms with Gasteiger partial charge in [0.2, 0.25) is 5.91 Å². The summed E-state index contributed by atoms with van der Waals surface area (Å²) in [6.07, 6.45) is 5.33. The molecule has 4 rings (SSSR count). The summed E-state index contributed by atoms with van der Waals surface area (Å²) in [5, 5.41) is 12.4. The van der Waals surface area contributed by atoms with Crippen molar-refractivity contribution in [2.24, 2.45) is 0 Å². The second-order valence-electron chi connectivity index (χ2n) is 7.37. The van der Waals surface area contributed by atoms with E-state index in [4.69, 9.17) is 10.00 Å². The molecule has 0 bridgehead atoms. The number of amides is 1. The highest BCUT2D eigenvalue weighted by molar-refractivity contribution is 5.85. The Kier molecular flexibility index (Phi) is 6.20. The van der Waals surface area contributed by atoms with E-state index >= 15 is 0 Å². The Labute approximate surface area is 166 Å². The van der Waals surface area contributed by atoms with Crippen molar-refractivity contribution in [3.05, 3.63) is 23.9 Å². The maximum atomic E-state index is 12.8. The number of anilines is 1. The Morgan fingerprint density at radius 2 is 2.15 bits per heavy atom. The van der Waals surface area contributed by atoms with Gasteiger partial charge in [-0.2, -0.15) is 5.26 Å². The molecule has 1 aromatic heterocycles. The summed E-state index contributed by atoms with van der Waals surface area (Å²) in [5.74, 6) is 1.07. The van der Waals surface area contributed by atoms with Crippen molar-refractivity contribution < 1.29 is 9.53 Å². The van der Waals surface area contributed by atoms with Gasteiger partial charge in [0.1, 0.15) is 11.9 Å². The van der Waals surface area contributed by atoms with Crippen LogP contribution in [0.1, 0.15) is 31.2 Å². The molecule has 0 spiro atoms. The van der Waals surface area contributed by atoms with Crippen LogP contribution in [-0.2, 0) is 9.53 Å². The number of aromatic nitrogens is 1. The molecular formula is C19H26ClN5O2. The molecule has 7 nitrogen and oxygen atoms in total. The van der Waals surface area contributed by atoms with Gasteiger partial charge in [-0.25, -0.2) is 4.98 Å².